The number of hydroxylamine groups is 2. The van der Waals surface area contributed by atoms with Crippen LogP contribution in [0.2, 0.25) is 0 Å². The highest BCUT2D eigenvalue weighted by molar-refractivity contribution is 6.01. The minimum atomic E-state index is -0.526. The van der Waals surface area contributed by atoms with Crippen molar-refractivity contribution in [2.24, 2.45) is 0 Å². The Balaban J connectivity index is 1.97. The van der Waals surface area contributed by atoms with E-state index in [1.165, 1.54) is 0 Å². The second-order valence-electron chi connectivity index (χ2n) is 7.00. The fourth-order valence-electron chi connectivity index (χ4n) is 2.71. The van der Waals surface area contributed by atoms with Crippen LogP contribution in [-0.4, -0.2) is 22.8 Å². The molecule has 2 amide bonds. The first-order valence-corrected chi connectivity index (χ1v) is 11.0. The Bertz CT molecular complexity index is 655. The zero-order valence-corrected chi connectivity index (χ0v) is 18.1. The van der Waals surface area contributed by atoms with E-state index in [0.29, 0.717) is 11.5 Å². The second-order valence-corrected chi connectivity index (χ2v) is 7.00. The van der Waals surface area contributed by atoms with Gasteiger partial charge in [0.2, 0.25) is 0 Å². The molecule has 1 heterocycles. The van der Waals surface area contributed by atoms with E-state index in [2.05, 4.69) is 67.7 Å². The summed E-state index contributed by atoms with van der Waals surface area (Å²) in [6.45, 7) is 2.14. The number of rotatable bonds is 15. The van der Waals surface area contributed by atoms with E-state index in [1.54, 1.807) is 0 Å². The van der Waals surface area contributed by atoms with Crippen molar-refractivity contribution in [3.8, 4) is 0 Å². The minimum absolute atomic E-state index is 0.121. The highest BCUT2D eigenvalue weighted by atomic mass is 16.7. The van der Waals surface area contributed by atoms with Gasteiger partial charge >= 0.3 is 5.97 Å². The van der Waals surface area contributed by atoms with Crippen LogP contribution >= 0.6 is 0 Å². The highest BCUT2D eigenvalue weighted by Gasteiger charge is 2.32. The zero-order valence-electron chi connectivity index (χ0n) is 18.1. The molecule has 5 heteroatoms. The predicted molar refractivity (Wildman–Crippen MR) is 120 cm³/mol. The van der Waals surface area contributed by atoms with Gasteiger partial charge in [-0.1, -0.05) is 67.7 Å². The smallest absolute Gasteiger partial charge is 0.330 e. The summed E-state index contributed by atoms with van der Waals surface area (Å²) in [5.41, 5.74) is 0. The highest BCUT2D eigenvalue weighted by Crippen LogP contribution is 2.13. The maximum Gasteiger partial charge on any atom is 0.333 e. The standard InChI is InChI=1S/C25H35NO4/c1-2-3-4-5-6-7-8-9-10-11-12-13-14-15-16-17-18-19-20-25(29)30-26-23(27)21-22-24(26)28/h3-4,6-7,9-10,12-13,15-16H,2,5,8,11,14,17-22H2,1H3/b4-3-,7-6-,10-9-,13-12-,16-15-. The topological polar surface area (TPSA) is 63.7 Å². The van der Waals surface area contributed by atoms with Gasteiger partial charge in [-0.2, -0.15) is 0 Å². The first kappa shape index (κ1) is 25.3. The summed E-state index contributed by atoms with van der Waals surface area (Å²) < 4.78 is 0. The van der Waals surface area contributed by atoms with Crippen molar-refractivity contribution in [2.75, 3.05) is 0 Å². The molecule has 1 aliphatic heterocycles. The van der Waals surface area contributed by atoms with Crippen molar-refractivity contribution < 1.29 is 19.2 Å². The van der Waals surface area contributed by atoms with Crippen molar-refractivity contribution in [3.05, 3.63) is 60.8 Å². The van der Waals surface area contributed by atoms with E-state index in [-0.39, 0.29) is 19.3 Å². The summed E-state index contributed by atoms with van der Waals surface area (Å²) in [4.78, 5) is 39.2. The molecule has 0 N–H and O–H groups in total. The Hall–Kier alpha value is -2.69. The maximum absolute atomic E-state index is 11.7. The Morgan fingerprint density at radius 3 is 1.73 bits per heavy atom. The number of unbranched alkanes of at least 4 members (excludes halogenated alkanes) is 2. The van der Waals surface area contributed by atoms with Crippen LogP contribution in [0.15, 0.2) is 60.8 Å². The summed E-state index contributed by atoms with van der Waals surface area (Å²) >= 11 is 0. The zero-order chi connectivity index (χ0) is 21.9. The lowest BCUT2D eigenvalue weighted by atomic mass is 10.2. The SMILES string of the molecule is CC/C=C\C/C=C\C/C=C\C/C=C\C/C=C\CCCCC(=O)ON1C(=O)CCC1=O. The molecular weight excluding hydrogens is 378 g/mol. The Kier molecular flexibility index (Phi) is 14.5. The Morgan fingerprint density at radius 1 is 0.767 bits per heavy atom. The number of allylic oxidation sites excluding steroid dienone is 10. The molecule has 164 valence electrons. The molecule has 1 rings (SSSR count). The van der Waals surface area contributed by atoms with E-state index in [0.717, 1.165) is 44.9 Å². The molecule has 0 bridgehead atoms. The summed E-state index contributed by atoms with van der Waals surface area (Å²) in [7, 11) is 0. The van der Waals surface area contributed by atoms with Gasteiger partial charge in [-0.25, -0.2) is 4.79 Å². The molecule has 0 spiro atoms. The lowest BCUT2D eigenvalue weighted by molar-refractivity contribution is -0.197. The van der Waals surface area contributed by atoms with Crippen LogP contribution in [-0.2, 0) is 19.2 Å². The lowest BCUT2D eigenvalue weighted by Gasteiger charge is -2.12. The Morgan fingerprint density at radius 2 is 1.23 bits per heavy atom. The quantitative estimate of drug-likeness (QED) is 0.190. The first-order valence-electron chi connectivity index (χ1n) is 11.0. The van der Waals surface area contributed by atoms with E-state index >= 15 is 0 Å². The maximum atomic E-state index is 11.7. The van der Waals surface area contributed by atoms with Crippen LogP contribution < -0.4 is 0 Å². The molecule has 30 heavy (non-hydrogen) atoms. The van der Waals surface area contributed by atoms with Crippen molar-refractivity contribution in [1.29, 1.82) is 0 Å². The first-order chi connectivity index (χ1) is 14.6. The molecule has 1 aliphatic rings. The lowest BCUT2D eigenvalue weighted by Crippen LogP contribution is -2.31. The van der Waals surface area contributed by atoms with Crippen molar-refractivity contribution >= 4 is 17.8 Å². The van der Waals surface area contributed by atoms with E-state index in [1.807, 2.05) is 0 Å². The largest absolute Gasteiger partial charge is 0.333 e. The second kappa shape index (κ2) is 17.2. The average Bonchev–Trinajstić information content (AvgIpc) is 3.05. The van der Waals surface area contributed by atoms with Gasteiger partial charge in [-0.3, -0.25) is 9.59 Å². The summed E-state index contributed by atoms with van der Waals surface area (Å²) in [6.07, 6.45) is 29.4. The van der Waals surface area contributed by atoms with Crippen molar-refractivity contribution in [1.82, 2.24) is 5.06 Å². The van der Waals surface area contributed by atoms with Crippen molar-refractivity contribution in [2.45, 2.75) is 77.6 Å². The van der Waals surface area contributed by atoms with Crippen molar-refractivity contribution in [3.63, 3.8) is 0 Å². The fourth-order valence-corrected chi connectivity index (χ4v) is 2.71. The van der Waals surface area contributed by atoms with Gasteiger partial charge in [-0.15, -0.1) is 5.06 Å². The van der Waals surface area contributed by atoms with Gasteiger partial charge < -0.3 is 4.84 Å². The van der Waals surface area contributed by atoms with E-state index in [4.69, 9.17) is 4.84 Å². The predicted octanol–water partition coefficient (Wildman–Crippen LogP) is 5.91. The van der Waals surface area contributed by atoms with Crippen LogP contribution in [0.4, 0.5) is 0 Å². The third-order valence-corrected chi connectivity index (χ3v) is 4.36. The molecule has 0 aromatic rings. The minimum Gasteiger partial charge on any atom is -0.330 e. The molecule has 0 saturated carbocycles. The number of hydrogen-bond donors (Lipinski definition) is 0. The normalized spacial score (nSPS) is 15.3. The van der Waals surface area contributed by atoms with Crippen LogP contribution in [0.3, 0.4) is 0 Å². The summed E-state index contributed by atoms with van der Waals surface area (Å²) in [5, 5.41) is 0.604. The van der Waals surface area contributed by atoms with Gasteiger partial charge in [0.1, 0.15) is 0 Å². The third-order valence-electron chi connectivity index (χ3n) is 4.36. The van der Waals surface area contributed by atoms with Crippen LogP contribution in [0.25, 0.3) is 0 Å². The fraction of sp³-hybridized carbons (Fsp3) is 0.480. The van der Waals surface area contributed by atoms with Crippen LogP contribution in [0, 0.1) is 0 Å². The van der Waals surface area contributed by atoms with Gasteiger partial charge in [0.25, 0.3) is 11.8 Å². The molecule has 1 fully saturated rings. The van der Waals surface area contributed by atoms with E-state index in [9.17, 15) is 14.4 Å². The number of imide groups is 1. The number of hydrogen-bond acceptors (Lipinski definition) is 4. The molecule has 5 nitrogen and oxygen atoms in total. The van der Waals surface area contributed by atoms with Crippen LogP contribution in [0.1, 0.15) is 77.6 Å². The molecule has 0 unspecified atom stereocenters. The number of nitrogens with zero attached hydrogens (tertiary/aromatic N) is 1. The number of carbonyl (C=O) groups excluding carboxylic acids is 3. The molecule has 0 atom stereocenters. The molecular formula is C25H35NO4. The molecule has 0 aromatic carbocycles. The number of amides is 2. The monoisotopic (exact) mass is 413 g/mol. The average molecular weight is 414 g/mol. The van der Waals surface area contributed by atoms with Gasteiger partial charge in [0.15, 0.2) is 0 Å². The van der Waals surface area contributed by atoms with E-state index < -0.39 is 17.8 Å². The van der Waals surface area contributed by atoms with Gasteiger partial charge in [0.05, 0.1) is 0 Å². The molecule has 0 radical (unpaired) electrons. The third kappa shape index (κ3) is 12.7. The number of carbonyl (C=O) groups is 3. The summed E-state index contributed by atoms with van der Waals surface area (Å²) in [6, 6.07) is 0. The Labute approximate surface area is 180 Å². The van der Waals surface area contributed by atoms with Crippen LogP contribution in [0.5, 0.6) is 0 Å². The summed E-state index contributed by atoms with van der Waals surface area (Å²) in [5.74, 6) is -1.40. The molecule has 1 saturated heterocycles. The van der Waals surface area contributed by atoms with Gasteiger partial charge in [0, 0.05) is 19.3 Å². The molecule has 0 aliphatic carbocycles. The van der Waals surface area contributed by atoms with Gasteiger partial charge in [-0.05, 0) is 51.4 Å². The molecule has 0 aromatic heterocycles.